The Balaban J connectivity index is 0.00000289. The Bertz CT molecular complexity index is 471. The topological polar surface area (TPSA) is 98.3 Å². The van der Waals surface area contributed by atoms with E-state index < -0.39 is 10.8 Å². The first-order valence-corrected chi connectivity index (χ1v) is 5.99. The monoisotopic (exact) mass is 311 g/mol. The van der Waals surface area contributed by atoms with Gasteiger partial charge in [-0.05, 0) is 11.8 Å². The van der Waals surface area contributed by atoms with Crippen molar-refractivity contribution in [2.24, 2.45) is 5.84 Å². The lowest BCUT2D eigenvalue weighted by molar-refractivity contribution is -0.384. The third kappa shape index (κ3) is 3.74. The highest BCUT2D eigenvalue weighted by atomic mass is 35.5. The molecule has 0 aromatic heterocycles. The summed E-state index contributed by atoms with van der Waals surface area (Å²) in [5, 5.41) is 10.7. The van der Waals surface area contributed by atoms with E-state index >= 15 is 0 Å². The summed E-state index contributed by atoms with van der Waals surface area (Å²) < 4.78 is 0. The van der Waals surface area contributed by atoms with Crippen LogP contribution in [0.15, 0.2) is 17.0 Å². The van der Waals surface area contributed by atoms with E-state index in [1.807, 2.05) is 12.3 Å². The second-order valence-electron chi connectivity index (χ2n) is 2.96. The van der Waals surface area contributed by atoms with Crippen LogP contribution in [0, 0.1) is 10.1 Å². The van der Waals surface area contributed by atoms with Crippen molar-refractivity contribution in [3.63, 3.8) is 0 Å². The first-order chi connectivity index (χ1) is 8.01. The molecule has 1 aromatic rings. The molecular weight excluding hydrogens is 301 g/mol. The molecule has 0 radical (unpaired) electrons. The maximum absolute atomic E-state index is 11.5. The molecular formula is C9H11Cl2N3O3S. The average Bonchev–Trinajstić information content (AvgIpc) is 2.28. The van der Waals surface area contributed by atoms with Gasteiger partial charge in [0.15, 0.2) is 0 Å². The summed E-state index contributed by atoms with van der Waals surface area (Å²) in [5.74, 6) is 5.15. The first-order valence-electron chi connectivity index (χ1n) is 4.63. The number of nitrogens with zero attached hydrogens (tertiary/aromatic N) is 1. The van der Waals surface area contributed by atoms with Gasteiger partial charge in [-0.25, -0.2) is 5.84 Å². The predicted octanol–water partition coefficient (Wildman–Crippen LogP) is 2.39. The molecule has 0 unspecified atom stereocenters. The van der Waals surface area contributed by atoms with E-state index in [-0.39, 0.29) is 28.7 Å². The van der Waals surface area contributed by atoms with Crippen molar-refractivity contribution < 1.29 is 9.72 Å². The molecule has 1 amide bonds. The van der Waals surface area contributed by atoms with Crippen LogP contribution < -0.4 is 11.3 Å². The molecule has 0 heterocycles. The Hall–Kier alpha value is -1.02. The molecule has 0 spiro atoms. The number of thioether (sulfide) groups is 1. The SMILES string of the molecule is CCSc1cc(Cl)c([N+](=O)[O-])cc1C(=O)NN.Cl. The van der Waals surface area contributed by atoms with Crippen LogP contribution in [0.25, 0.3) is 0 Å². The van der Waals surface area contributed by atoms with Crippen molar-refractivity contribution in [1.82, 2.24) is 5.43 Å². The Kier molecular flexibility index (Phi) is 7.00. The molecule has 0 bridgehead atoms. The lowest BCUT2D eigenvalue weighted by Crippen LogP contribution is -2.30. The van der Waals surface area contributed by atoms with Gasteiger partial charge in [0.1, 0.15) is 5.02 Å². The third-order valence-electron chi connectivity index (χ3n) is 1.92. The molecule has 9 heteroatoms. The highest BCUT2D eigenvalue weighted by molar-refractivity contribution is 7.99. The number of nitro groups is 1. The molecule has 18 heavy (non-hydrogen) atoms. The number of nitrogens with two attached hydrogens (primary N) is 1. The van der Waals surface area contributed by atoms with Crippen molar-refractivity contribution in [1.29, 1.82) is 0 Å². The van der Waals surface area contributed by atoms with E-state index in [0.29, 0.717) is 10.6 Å². The van der Waals surface area contributed by atoms with Gasteiger partial charge >= 0.3 is 0 Å². The van der Waals surface area contributed by atoms with Crippen LogP contribution in [-0.4, -0.2) is 16.6 Å². The molecule has 0 aliphatic carbocycles. The van der Waals surface area contributed by atoms with Crippen molar-refractivity contribution in [2.45, 2.75) is 11.8 Å². The molecule has 3 N–H and O–H groups in total. The molecule has 0 atom stereocenters. The van der Waals surface area contributed by atoms with Gasteiger partial charge in [0.2, 0.25) is 0 Å². The zero-order valence-corrected chi connectivity index (χ0v) is 11.7. The lowest BCUT2D eigenvalue weighted by Gasteiger charge is -2.07. The number of hydrogen-bond acceptors (Lipinski definition) is 5. The molecule has 100 valence electrons. The van der Waals surface area contributed by atoms with Gasteiger partial charge in [-0.3, -0.25) is 20.3 Å². The second kappa shape index (κ2) is 7.42. The Morgan fingerprint density at radius 2 is 2.22 bits per heavy atom. The minimum absolute atomic E-state index is 0. The third-order valence-corrected chi connectivity index (χ3v) is 3.16. The van der Waals surface area contributed by atoms with Gasteiger partial charge in [-0.2, -0.15) is 0 Å². The Labute approximate surface area is 119 Å². The Morgan fingerprint density at radius 1 is 1.61 bits per heavy atom. The number of carbonyl (C=O) groups excluding carboxylic acids is 1. The van der Waals surface area contributed by atoms with Crippen LogP contribution in [0.3, 0.4) is 0 Å². The molecule has 6 nitrogen and oxygen atoms in total. The van der Waals surface area contributed by atoms with Crippen molar-refractivity contribution in [2.75, 3.05) is 5.75 Å². The summed E-state index contributed by atoms with van der Waals surface area (Å²) in [5.41, 5.74) is 1.78. The smallest absolute Gasteiger partial charge is 0.288 e. The minimum atomic E-state index is -0.643. The normalized spacial score (nSPS) is 9.50. The molecule has 0 aliphatic rings. The standard InChI is InChI=1S/C9H10ClN3O3S.ClH/c1-2-17-8-4-6(10)7(13(15)16)3-5(8)9(14)12-11;/h3-4H,2,11H2,1H3,(H,12,14);1H. The molecule has 1 aromatic carbocycles. The molecule has 0 saturated heterocycles. The molecule has 0 saturated carbocycles. The van der Waals surface area contributed by atoms with Crippen molar-refractivity contribution in [3.8, 4) is 0 Å². The lowest BCUT2D eigenvalue weighted by atomic mass is 10.2. The van der Waals surface area contributed by atoms with E-state index in [4.69, 9.17) is 17.4 Å². The van der Waals surface area contributed by atoms with Gasteiger partial charge in [0.25, 0.3) is 11.6 Å². The van der Waals surface area contributed by atoms with E-state index in [1.54, 1.807) is 0 Å². The van der Waals surface area contributed by atoms with Crippen molar-refractivity contribution in [3.05, 3.63) is 32.8 Å². The first kappa shape index (κ1) is 17.0. The van der Waals surface area contributed by atoms with Crippen LogP contribution >= 0.6 is 35.8 Å². The largest absolute Gasteiger partial charge is 0.290 e. The average molecular weight is 312 g/mol. The highest BCUT2D eigenvalue weighted by Gasteiger charge is 2.20. The van der Waals surface area contributed by atoms with Crippen molar-refractivity contribution >= 4 is 47.4 Å². The van der Waals surface area contributed by atoms with Gasteiger partial charge < -0.3 is 0 Å². The quantitative estimate of drug-likeness (QED) is 0.292. The van der Waals surface area contributed by atoms with Gasteiger partial charge in [-0.1, -0.05) is 18.5 Å². The summed E-state index contributed by atoms with van der Waals surface area (Å²) >= 11 is 7.12. The van der Waals surface area contributed by atoms with E-state index in [2.05, 4.69) is 0 Å². The van der Waals surface area contributed by atoms with Crippen LogP contribution in [0.2, 0.25) is 5.02 Å². The van der Waals surface area contributed by atoms with E-state index in [0.717, 1.165) is 6.07 Å². The zero-order valence-electron chi connectivity index (χ0n) is 9.31. The van der Waals surface area contributed by atoms with Gasteiger partial charge in [0, 0.05) is 11.0 Å². The summed E-state index contributed by atoms with van der Waals surface area (Å²) in [6.07, 6.45) is 0. The number of amides is 1. The number of nitrogens with one attached hydrogen (secondary N) is 1. The fraction of sp³-hybridized carbons (Fsp3) is 0.222. The number of hydrazine groups is 1. The number of benzene rings is 1. The molecule has 0 aliphatic heterocycles. The maximum atomic E-state index is 11.5. The molecule has 0 fully saturated rings. The Morgan fingerprint density at radius 3 is 2.67 bits per heavy atom. The molecule has 1 rings (SSSR count). The van der Waals surface area contributed by atoms with Crippen LogP contribution in [-0.2, 0) is 0 Å². The van der Waals surface area contributed by atoms with E-state index in [9.17, 15) is 14.9 Å². The minimum Gasteiger partial charge on any atom is -0.290 e. The number of nitro benzene ring substituents is 1. The van der Waals surface area contributed by atoms with E-state index in [1.165, 1.54) is 17.8 Å². The summed E-state index contributed by atoms with van der Waals surface area (Å²) in [6.45, 7) is 1.89. The number of nitrogen functional groups attached to an aromatic ring is 1. The maximum Gasteiger partial charge on any atom is 0.288 e. The second-order valence-corrected chi connectivity index (χ2v) is 4.68. The van der Waals surface area contributed by atoms with Crippen LogP contribution in [0.5, 0.6) is 0 Å². The highest BCUT2D eigenvalue weighted by Crippen LogP contribution is 2.33. The fourth-order valence-corrected chi connectivity index (χ4v) is 2.33. The van der Waals surface area contributed by atoms with Crippen LogP contribution in [0.1, 0.15) is 17.3 Å². The number of rotatable bonds is 4. The van der Waals surface area contributed by atoms with Crippen LogP contribution in [0.4, 0.5) is 5.69 Å². The van der Waals surface area contributed by atoms with Gasteiger partial charge in [-0.15, -0.1) is 24.2 Å². The number of halogens is 2. The van der Waals surface area contributed by atoms with Gasteiger partial charge in [0.05, 0.1) is 10.5 Å². The summed E-state index contributed by atoms with van der Waals surface area (Å²) in [7, 11) is 0. The predicted molar refractivity (Wildman–Crippen MR) is 73.4 cm³/mol. The number of hydrogen-bond donors (Lipinski definition) is 2. The summed E-state index contributed by atoms with van der Waals surface area (Å²) in [4.78, 5) is 22.1. The summed E-state index contributed by atoms with van der Waals surface area (Å²) in [6, 6.07) is 2.53. The number of carbonyl (C=O) groups is 1. The fourth-order valence-electron chi connectivity index (χ4n) is 1.21. The zero-order chi connectivity index (χ0) is 13.0.